The molecule has 2 heterocycles. The summed E-state index contributed by atoms with van der Waals surface area (Å²) in [6.45, 7) is 1.84. The molecule has 0 bridgehead atoms. The first-order valence-electron chi connectivity index (χ1n) is 3.42. The summed E-state index contributed by atoms with van der Waals surface area (Å²) < 4.78 is 10.0. The van der Waals surface area contributed by atoms with Crippen LogP contribution < -0.4 is 5.73 Å². The van der Waals surface area contributed by atoms with Crippen LogP contribution in [0.4, 0.5) is 5.95 Å². The topological polar surface area (TPSA) is 78.1 Å². The first-order chi connectivity index (χ1) is 5.75. The van der Waals surface area contributed by atoms with E-state index >= 15 is 0 Å². The lowest BCUT2D eigenvalue weighted by atomic mass is 10.4. The van der Waals surface area contributed by atoms with Crippen molar-refractivity contribution in [3.63, 3.8) is 0 Å². The maximum Gasteiger partial charge on any atom is 0.295 e. The third-order valence-electron chi connectivity index (χ3n) is 1.39. The predicted octanol–water partition coefficient (Wildman–Crippen LogP) is 1.22. The van der Waals surface area contributed by atoms with Crippen molar-refractivity contribution in [2.45, 2.75) is 6.92 Å². The second-order valence-electron chi connectivity index (χ2n) is 2.37. The average molecular weight is 165 g/mol. The van der Waals surface area contributed by atoms with Crippen molar-refractivity contribution in [1.29, 1.82) is 0 Å². The van der Waals surface area contributed by atoms with Gasteiger partial charge in [-0.05, 0) is 24.2 Å². The van der Waals surface area contributed by atoms with Crippen molar-refractivity contribution in [2.24, 2.45) is 0 Å². The zero-order chi connectivity index (χ0) is 8.55. The average Bonchev–Trinajstić information content (AvgIpc) is 2.58. The Morgan fingerprint density at radius 3 is 2.75 bits per heavy atom. The van der Waals surface area contributed by atoms with E-state index < -0.39 is 0 Å². The van der Waals surface area contributed by atoms with E-state index in [-0.39, 0.29) is 5.95 Å². The van der Waals surface area contributed by atoms with E-state index in [9.17, 15) is 0 Å². The first-order valence-corrected chi connectivity index (χ1v) is 3.42. The van der Waals surface area contributed by atoms with Gasteiger partial charge in [0.05, 0.1) is 0 Å². The highest BCUT2D eigenvalue weighted by Crippen LogP contribution is 2.19. The standard InChI is InChI=1S/C7H7N3O2/c1-4-2-3-5(11-4)6-9-7(8)10-12-6/h2-3H,1H3,(H2,8,10). The van der Waals surface area contributed by atoms with Gasteiger partial charge in [0, 0.05) is 0 Å². The molecule has 0 radical (unpaired) electrons. The Bertz CT molecular complexity index is 353. The summed E-state index contributed by atoms with van der Waals surface area (Å²) in [5, 5.41) is 3.43. The molecule has 2 N–H and O–H groups in total. The lowest BCUT2D eigenvalue weighted by Gasteiger charge is -1.83. The van der Waals surface area contributed by atoms with E-state index in [0.717, 1.165) is 5.76 Å². The number of hydrogen-bond donors (Lipinski definition) is 1. The molecule has 2 aromatic heterocycles. The highest BCUT2D eigenvalue weighted by Gasteiger charge is 2.09. The largest absolute Gasteiger partial charge is 0.456 e. The van der Waals surface area contributed by atoms with E-state index in [1.807, 2.05) is 13.0 Å². The fourth-order valence-corrected chi connectivity index (χ4v) is 0.884. The third kappa shape index (κ3) is 1.05. The summed E-state index contributed by atoms with van der Waals surface area (Å²) in [5.74, 6) is 1.75. The number of aromatic nitrogens is 2. The molecule has 0 aliphatic rings. The van der Waals surface area contributed by atoms with E-state index in [1.165, 1.54) is 0 Å². The Hall–Kier alpha value is -1.78. The number of hydrogen-bond acceptors (Lipinski definition) is 5. The van der Waals surface area contributed by atoms with Crippen LogP contribution in [0.5, 0.6) is 0 Å². The van der Waals surface area contributed by atoms with E-state index in [1.54, 1.807) is 6.07 Å². The summed E-state index contributed by atoms with van der Waals surface area (Å²) in [7, 11) is 0. The molecule has 0 unspecified atom stereocenters. The molecular weight excluding hydrogens is 158 g/mol. The van der Waals surface area contributed by atoms with Gasteiger partial charge in [-0.2, -0.15) is 4.98 Å². The third-order valence-corrected chi connectivity index (χ3v) is 1.39. The Kier molecular flexibility index (Phi) is 1.36. The minimum atomic E-state index is 0.110. The number of nitrogens with two attached hydrogens (primary N) is 1. The van der Waals surface area contributed by atoms with Crippen molar-refractivity contribution >= 4 is 5.95 Å². The number of aryl methyl sites for hydroxylation is 1. The zero-order valence-corrected chi connectivity index (χ0v) is 6.44. The van der Waals surface area contributed by atoms with Crippen molar-refractivity contribution in [1.82, 2.24) is 10.1 Å². The number of rotatable bonds is 1. The van der Waals surface area contributed by atoms with Crippen LogP contribution in [-0.4, -0.2) is 10.1 Å². The number of nitrogens with zero attached hydrogens (tertiary/aromatic N) is 2. The summed E-state index contributed by atoms with van der Waals surface area (Å²) >= 11 is 0. The predicted molar refractivity (Wildman–Crippen MR) is 41.1 cm³/mol. The van der Waals surface area contributed by atoms with Crippen molar-refractivity contribution in [2.75, 3.05) is 5.73 Å². The van der Waals surface area contributed by atoms with E-state index in [4.69, 9.17) is 14.7 Å². The molecule has 62 valence electrons. The van der Waals surface area contributed by atoms with Gasteiger partial charge in [0.2, 0.25) is 0 Å². The van der Waals surface area contributed by atoms with Gasteiger partial charge in [0.25, 0.3) is 11.8 Å². The van der Waals surface area contributed by atoms with Crippen LogP contribution in [0.3, 0.4) is 0 Å². The molecular formula is C7H7N3O2. The quantitative estimate of drug-likeness (QED) is 0.687. The number of nitrogen functional groups attached to an aromatic ring is 1. The first kappa shape index (κ1) is 6.90. The lowest BCUT2D eigenvalue weighted by Crippen LogP contribution is -1.84. The molecule has 0 aliphatic heterocycles. The molecule has 2 rings (SSSR count). The Morgan fingerprint density at radius 1 is 1.42 bits per heavy atom. The van der Waals surface area contributed by atoms with Crippen molar-refractivity contribution in [3.8, 4) is 11.7 Å². The van der Waals surface area contributed by atoms with Crippen molar-refractivity contribution in [3.05, 3.63) is 17.9 Å². The molecule has 0 saturated carbocycles. The van der Waals surface area contributed by atoms with Crippen LogP contribution in [0.25, 0.3) is 11.7 Å². The van der Waals surface area contributed by atoms with Gasteiger partial charge in [0.1, 0.15) is 5.76 Å². The molecule has 0 atom stereocenters. The highest BCUT2D eigenvalue weighted by molar-refractivity contribution is 5.45. The van der Waals surface area contributed by atoms with Gasteiger partial charge in [-0.25, -0.2) is 0 Å². The molecule has 5 nitrogen and oxygen atoms in total. The van der Waals surface area contributed by atoms with Crippen LogP contribution in [0.2, 0.25) is 0 Å². The maximum atomic E-state index is 5.27. The van der Waals surface area contributed by atoms with Crippen LogP contribution in [0.1, 0.15) is 5.76 Å². The second-order valence-corrected chi connectivity index (χ2v) is 2.37. The number of anilines is 1. The molecule has 12 heavy (non-hydrogen) atoms. The van der Waals surface area contributed by atoms with Gasteiger partial charge < -0.3 is 14.7 Å². The molecule has 5 heteroatoms. The summed E-state index contributed by atoms with van der Waals surface area (Å²) in [4.78, 5) is 3.80. The Balaban J connectivity index is 2.43. The fraction of sp³-hybridized carbons (Fsp3) is 0.143. The van der Waals surface area contributed by atoms with Crippen LogP contribution in [0.15, 0.2) is 21.1 Å². The minimum Gasteiger partial charge on any atom is -0.456 e. The normalized spacial score (nSPS) is 10.4. The van der Waals surface area contributed by atoms with Gasteiger partial charge in [-0.15, -0.1) is 0 Å². The van der Waals surface area contributed by atoms with Crippen LogP contribution >= 0.6 is 0 Å². The second kappa shape index (κ2) is 2.37. The lowest BCUT2D eigenvalue weighted by molar-refractivity contribution is 0.414. The maximum absolute atomic E-state index is 5.27. The monoisotopic (exact) mass is 165 g/mol. The van der Waals surface area contributed by atoms with Gasteiger partial charge in [-0.3, -0.25) is 0 Å². The van der Waals surface area contributed by atoms with Crippen LogP contribution in [-0.2, 0) is 0 Å². The smallest absolute Gasteiger partial charge is 0.295 e. The Labute approximate surface area is 68.2 Å². The number of furan rings is 1. The Morgan fingerprint density at radius 2 is 2.25 bits per heavy atom. The summed E-state index contributed by atoms with van der Waals surface area (Å²) in [6.07, 6.45) is 0. The fourth-order valence-electron chi connectivity index (χ4n) is 0.884. The summed E-state index contributed by atoms with van der Waals surface area (Å²) in [5.41, 5.74) is 5.27. The molecule has 0 spiro atoms. The van der Waals surface area contributed by atoms with Gasteiger partial charge >= 0.3 is 0 Å². The molecule has 0 aromatic carbocycles. The SMILES string of the molecule is Cc1ccc(-c2nc(N)no2)o1. The highest BCUT2D eigenvalue weighted by atomic mass is 16.5. The van der Waals surface area contributed by atoms with Gasteiger partial charge in [0.15, 0.2) is 5.76 Å². The molecule has 2 aromatic rings. The molecule has 0 saturated heterocycles. The molecule has 0 aliphatic carbocycles. The van der Waals surface area contributed by atoms with Crippen LogP contribution in [0, 0.1) is 6.92 Å². The zero-order valence-electron chi connectivity index (χ0n) is 6.44. The molecule has 0 amide bonds. The van der Waals surface area contributed by atoms with E-state index in [2.05, 4.69) is 10.1 Å². The van der Waals surface area contributed by atoms with Crippen molar-refractivity contribution < 1.29 is 8.94 Å². The van der Waals surface area contributed by atoms with E-state index in [0.29, 0.717) is 11.7 Å². The molecule has 0 fully saturated rings. The van der Waals surface area contributed by atoms with Gasteiger partial charge in [-0.1, -0.05) is 0 Å². The summed E-state index contributed by atoms with van der Waals surface area (Å²) in [6, 6.07) is 3.57. The minimum absolute atomic E-state index is 0.110.